The van der Waals surface area contributed by atoms with Crippen molar-refractivity contribution in [3.63, 3.8) is 0 Å². The summed E-state index contributed by atoms with van der Waals surface area (Å²) in [5.74, 6) is 0.909. The van der Waals surface area contributed by atoms with Gasteiger partial charge in [0.2, 0.25) is 0 Å². The van der Waals surface area contributed by atoms with Crippen molar-refractivity contribution >= 4 is 56.8 Å². The second-order valence-corrected chi connectivity index (χ2v) is 8.88. The highest BCUT2D eigenvalue weighted by atomic mass is 16.4. The highest BCUT2D eigenvalue weighted by Crippen LogP contribution is 2.47. The van der Waals surface area contributed by atoms with Gasteiger partial charge in [0.25, 0.3) is 0 Å². The maximum atomic E-state index is 6.73. The molecule has 0 radical (unpaired) electrons. The molecule has 2 aliphatic rings. The molecule has 0 saturated heterocycles. The third-order valence-corrected chi connectivity index (χ3v) is 7.06. The van der Waals surface area contributed by atoms with E-state index < -0.39 is 0 Å². The van der Waals surface area contributed by atoms with E-state index in [0.717, 1.165) is 50.3 Å². The van der Waals surface area contributed by atoms with Gasteiger partial charge >= 0.3 is 6.92 Å². The Bertz CT molecular complexity index is 1760. The number of fused-ring (bicyclic) bond motifs is 8. The minimum Gasteiger partial charge on any atom is -0.551 e. The predicted molar refractivity (Wildman–Crippen MR) is 139 cm³/mol. The van der Waals surface area contributed by atoms with E-state index in [0.29, 0.717) is 0 Å². The van der Waals surface area contributed by atoms with Crippen LogP contribution in [-0.2, 0) is 0 Å². The summed E-state index contributed by atoms with van der Waals surface area (Å²) in [4.78, 5) is 2.34. The topological polar surface area (TPSA) is 25.6 Å². The summed E-state index contributed by atoms with van der Waals surface area (Å²) < 4.78 is 13.2. The average molecular weight is 435 g/mol. The van der Waals surface area contributed by atoms with Crippen LogP contribution >= 0.6 is 0 Å². The zero-order chi connectivity index (χ0) is 22.2. The fraction of sp³-hybridized carbons (Fsp3) is 0. The van der Waals surface area contributed by atoms with Crippen LogP contribution in [0.25, 0.3) is 33.1 Å². The number of furan rings is 1. The van der Waals surface area contributed by atoms with Crippen LogP contribution < -0.4 is 20.5 Å². The summed E-state index contributed by atoms with van der Waals surface area (Å²) in [6.45, 7) is -0.186. The van der Waals surface area contributed by atoms with Crippen LogP contribution in [0.1, 0.15) is 0 Å². The first-order valence-electron chi connectivity index (χ1n) is 11.6. The van der Waals surface area contributed by atoms with Crippen LogP contribution in [0, 0.1) is 0 Å². The molecule has 0 saturated carbocycles. The molecule has 158 valence electrons. The van der Waals surface area contributed by atoms with Crippen LogP contribution in [0.3, 0.4) is 0 Å². The first-order chi connectivity index (χ1) is 16.9. The van der Waals surface area contributed by atoms with Crippen LogP contribution in [0.4, 0.5) is 17.1 Å². The number of hydrogen-bond donors (Lipinski definition) is 0. The molecule has 0 spiro atoms. The molecule has 8 rings (SSSR count). The van der Waals surface area contributed by atoms with E-state index in [-0.39, 0.29) is 6.92 Å². The molecule has 0 atom stereocenters. The fourth-order valence-electron chi connectivity index (χ4n) is 5.70. The average Bonchev–Trinajstić information content (AvgIpc) is 3.27. The zero-order valence-corrected chi connectivity index (χ0v) is 18.2. The van der Waals surface area contributed by atoms with Crippen molar-refractivity contribution in [2.24, 2.45) is 0 Å². The lowest BCUT2D eigenvalue weighted by Crippen LogP contribution is -2.56. The van der Waals surface area contributed by atoms with Gasteiger partial charge in [-0.05, 0) is 41.4 Å². The minimum absolute atomic E-state index is 0.186. The van der Waals surface area contributed by atoms with Crippen molar-refractivity contribution in [3.8, 4) is 16.9 Å². The van der Waals surface area contributed by atoms with Crippen LogP contribution in [-0.4, -0.2) is 6.92 Å². The highest BCUT2D eigenvalue weighted by Gasteiger charge is 2.43. The van der Waals surface area contributed by atoms with Crippen molar-refractivity contribution in [1.29, 1.82) is 0 Å². The Labute approximate surface area is 196 Å². The zero-order valence-electron chi connectivity index (χ0n) is 18.2. The fourth-order valence-corrected chi connectivity index (χ4v) is 5.70. The van der Waals surface area contributed by atoms with Crippen molar-refractivity contribution in [2.75, 3.05) is 4.90 Å². The van der Waals surface area contributed by atoms with Gasteiger partial charge < -0.3 is 14.0 Å². The summed E-state index contributed by atoms with van der Waals surface area (Å²) in [5.41, 5.74) is 9.83. The summed E-state index contributed by atoms with van der Waals surface area (Å²) >= 11 is 0. The Morgan fingerprint density at radius 1 is 0.647 bits per heavy atom. The van der Waals surface area contributed by atoms with Gasteiger partial charge in [-0.25, -0.2) is 0 Å². The molecule has 3 heterocycles. The third-order valence-electron chi connectivity index (χ3n) is 7.06. The number of benzene rings is 5. The lowest BCUT2D eigenvalue weighted by Gasteiger charge is -2.39. The normalized spacial score (nSPS) is 13.4. The number of rotatable bonds is 1. The molecule has 0 aliphatic carbocycles. The predicted octanol–water partition coefficient (Wildman–Crippen LogP) is 6.53. The Kier molecular flexibility index (Phi) is 3.48. The smallest absolute Gasteiger partial charge is 0.431 e. The van der Waals surface area contributed by atoms with Gasteiger partial charge in [-0.15, -0.1) is 0 Å². The van der Waals surface area contributed by atoms with Gasteiger partial charge in [0, 0.05) is 44.9 Å². The van der Waals surface area contributed by atoms with Gasteiger partial charge in [0.05, 0.1) is 0 Å². The SMILES string of the molecule is c1ccc(N2c3ccccc3B3Oc4ccccc4-c4c3c2cc2oc3ccccc3c42)cc1. The number of anilines is 3. The van der Waals surface area contributed by atoms with Crippen molar-refractivity contribution in [3.05, 3.63) is 109 Å². The Balaban J connectivity index is 1.59. The van der Waals surface area contributed by atoms with Crippen molar-refractivity contribution in [2.45, 2.75) is 0 Å². The monoisotopic (exact) mass is 435 g/mol. The van der Waals surface area contributed by atoms with Gasteiger partial charge in [0.15, 0.2) is 0 Å². The lowest BCUT2D eigenvalue weighted by molar-refractivity contribution is 0.590. The van der Waals surface area contributed by atoms with E-state index in [2.05, 4.69) is 95.9 Å². The second kappa shape index (κ2) is 6.55. The van der Waals surface area contributed by atoms with Crippen LogP contribution in [0.15, 0.2) is 114 Å². The van der Waals surface area contributed by atoms with Crippen LogP contribution in [0.2, 0.25) is 0 Å². The molecule has 3 nitrogen and oxygen atoms in total. The van der Waals surface area contributed by atoms with Crippen LogP contribution in [0.5, 0.6) is 5.75 Å². The number of hydrogen-bond acceptors (Lipinski definition) is 3. The van der Waals surface area contributed by atoms with Crippen molar-refractivity contribution < 1.29 is 9.07 Å². The molecule has 5 aromatic carbocycles. The quantitative estimate of drug-likeness (QED) is 0.275. The molecule has 0 bridgehead atoms. The van der Waals surface area contributed by atoms with Gasteiger partial charge in [-0.3, -0.25) is 0 Å². The molecule has 0 N–H and O–H groups in total. The number of para-hydroxylation sites is 4. The summed E-state index contributed by atoms with van der Waals surface area (Å²) in [5, 5.41) is 2.29. The Hall–Kier alpha value is -4.44. The molecule has 34 heavy (non-hydrogen) atoms. The van der Waals surface area contributed by atoms with E-state index in [4.69, 9.17) is 9.07 Å². The molecule has 0 unspecified atom stereocenters. The lowest BCUT2D eigenvalue weighted by atomic mass is 9.49. The molecule has 1 aromatic heterocycles. The number of nitrogens with zero attached hydrogens (tertiary/aromatic N) is 1. The van der Waals surface area contributed by atoms with Gasteiger partial charge in [0.1, 0.15) is 16.9 Å². The Morgan fingerprint density at radius 2 is 1.41 bits per heavy atom. The summed E-state index contributed by atoms with van der Waals surface area (Å²) in [7, 11) is 0. The molecule has 4 heteroatoms. The molecule has 0 amide bonds. The van der Waals surface area contributed by atoms with Gasteiger partial charge in [-0.2, -0.15) is 0 Å². The van der Waals surface area contributed by atoms with Crippen molar-refractivity contribution in [1.82, 2.24) is 0 Å². The molecular formula is C30H18BNO2. The summed E-state index contributed by atoms with van der Waals surface area (Å²) in [6, 6.07) is 38.0. The maximum absolute atomic E-state index is 6.73. The van der Waals surface area contributed by atoms with E-state index in [1.54, 1.807) is 0 Å². The molecule has 0 fully saturated rings. The van der Waals surface area contributed by atoms with E-state index in [1.807, 2.05) is 18.2 Å². The van der Waals surface area contributed by atoms with Gasteiger partial charge in [-0.1, -0.05) is 72.8 Å². The van der Waals surface area contributed by atoms with E-state index in [1.165, 1.54) is 16.5 Å². The molecule has 6 aromatic rings. The maximum Gasteiger partial charge on any atom is 0.431 e. The molecule has 2 aliphatic heterocycles. The van der Waals surface area contributed by atoms with E-state index >= 15 is 0 Å². The van der Waals surface area contributed by atoms with E-state index in [9.17, 15) is 0 Å². The first kappa shape index (κ1) is 18.0. The second-order valence-electron chi connectivity index (χ2n) is 8.88. The summed E-state index contributed by atoms with van der Waals surface area (Å²) in [6.07, 6.45) is 0. The molecular weight excluding hydrogens is 417 g/mol. The standard InChI is InChI=1S/C30H18BNO2/c1-2-10-19(11-3-1)32-23-15-7-6-14-22(23)31-30-24(32)18-27-28(20-12-4-8-16-25(20)33-27)29(30)21-13-5-9-17-26(21)34-31/h1-18H. The minimum atomic E-state index is -0.186. The largest absolute Gasteiger partial charge is 0.551 e. The Morgan fingerprint density at radius 3 is 2.35 bits per heavy atom. The third kappa shape index (κ3) is 2.27. The first-order valence-corrected chi connectivity index (χ1v) is 11.6. The highest BCUT2D eigenvalue weighted by molar-refractivity contribution is 6.86.